The zero-order chi connectivity index (χ0) is 15.6. The minimum absolute atomic E-state index is 0.421. The second-order valence-corrected chi connectivity index (χ2v) is 5.79. The van der Waals surface area contributed by atoms with Crippen LogP contribution in [-0.4, -0.2) is 33.8 Å². The summed E-state index contributed by atoms with van der Waals surface area (Å²) in [4.78, 5) is 37.3. The Bertz CT molecular complexity index is 825. The standard InChI is InChI=1S/C17H13NO4/c1-8(17(21)22)18-15(19)11-6-4-9-2-3-10-5-7-12(16(18)20)14(11)13(9)10/h4-8H,2-3H2,1H3,(H,21,22). The molecule has 4 rings (SSSR count). The van der Waals surface area contributed by atoms with E-state index in [-0.39, 0.29) is 0 Å². The predicted octanol–water partition coefficient (Wildman–Crippen LogP) is 2.01. The maximum absolute atomic E-state index is 12.6. The zero-order valence-electron chi connectivity index (χ0n) is 11.9. The van der Waals surface area contributed by atoms with Gasteiger partial charge in [-0.05, 0) is 48.4 Å². The fourth-order valence-electron chi connectivity index (χ4n) is 3.50. The number of carbonyl (C=O) groups excluding carboxylic acids is 2. The van der Waals surface area contributed by atoms with E-state index in [0.717, 1.165) is 34.3 Å². The summed E-state index contributed by atoms with van der Waals surface area (Å²) in [5.41, 5.74) is 3.14. The Hall–Kier alpha value is -2.69. The summed E-state index contributed by atoms with van der Waals surface area (Å²) >= 11 is 0. The lowest BCUT2D eigenvalue weighted by Gasteiger charge is -2.30. The molecule has 0 bridgehead atoms. The largest absolute Gasteiger partial charge is 0.480 e. The maximum atomic E-state index is 12.6. The van der Waals surface area contributed by atoms with Crippen LogP contribution in [0.5, 0.6) is 0 Å². The van der Waals surface area contributed by atoms with Crippen molar-refractivity contribution in [2.45, 2.75) is 25.8 Å². The van der Waals surface area contributed by atoms with E-state index < -0.39 is 23.8 Å². The topological polar surface area (TPSA) is 74.7 Å². The van der Waals surface area contributed by atoms with E-state index in [1.54, 1.807) is 12.1 Å². The van der Waals surface area contributed by atoms with Crippen LogP contribution in [0.1, 0.15) is 38.8 Å². The van der Waals surface area contributed by atoms with Gasteiger partial charge in [-0.1, -0.05) is 12.1 Å². The molecule has 5 nitrogen and oxygen atoms in total. The normalized spacial score (nSPS) is 17.2. The quantitative estimate of drug-likeness (QED) is 0.860. The van der Waals surface area contributed by atoms with E-state index in [4.69, 9.17) is 5.11 Å². The molecule has 1 N–H and O–H groups in total. The molecule has 1 heterocycles. The van der Waals surface area contributed by atoms with Crippen molar-refractivity contribution < 1.29 is 19.5 Å². The molecule has 0 saturated carbocycles. The van der Waals surface area contributed by atoms with Crippen LogP contribution in [0.4, 0.5) is 0 Å². The number of hydrogen-bond donors (Lipinski definition) is 1. The van der Waals surface area contributed by atoms with Crippen molar-refractivity contribution in [2.24, 2.45) is 0 Å². The van der Waals surface area contributed by atoms with Crippen molar-refractivity contribution >= 4 is 28.6 Å². The van der Waals surface area contributed by atoms with Gasteiger partial charge in [0.05, 0.1) is 0 Å². The second kappa shape index (κ2) is 4.16. The highest BCUT2D eigenvalue weighted by Gasteiger charge is 2.39. The lowest BCUT2D eigenvalue weighted by molar-refractivity contribution is -0.141. The van der Waals surface area contributed by atoms with Crippen LogP contribution < -0.4 is 0 Å². The van der Waals surface area contributed by atoms with Crippen molar-refractivity contribution in [3.05, 3.63) is 46.5 Å². The van der Waals surface area contributed by atoms with Crippen molar-refractivity contribution in [3.63, 3.8) is 0 Å². The minimum Gasteiger partial charge on any atom is -0.480 e. The van der Waals surface area contributed by atoms with Gasteiger partial charge >= 0.3 is 5.97 Å². The first-order valence-corrected chi connectivity index (χ1v) is 7.19. The van der Waals surface area contributed by atoms with Crippen LogP contribution in [0.25, 0.3) is 10.8 Å². The molecule has 0 saturated heterocycles. The molecule has 5 heteroatoms. The van der Waals surface area contributed by atoms with Gasteiger partial charge in [0.1, 0.15) is 6.04 Å². The van der Waals surface area contributed by atoms with Crippen molar-refractivity contribution in [1.29, 1.82) is 0 Å². The third-order valence-corrected chi connectivity index (χ3v) is 4.64. The summed E-state index contributed by atoms with van der Waals surface area (Å²) in [6, 6.07) is 6.07. The highest BCUT2D eigenvalue weighted by Crippen LogP contribution is 2.38. The van der Waals surface area contributed by atoms with Gasteiger partial charge in [0, 0.05) is 16.5 Å². The van der Waals surface area contributed by atoms with Gasteiger partial charge in [-0.25, -0.2) is 4.79 Å². The van der Waals surface area contributed by atoms with Crippen molar-refractivity contribution in [1.82, 2.24) is 4.90 Å². The number of imide groups is 1. The van der Waals surface area contributed by atoms with Gasteiger partial charge in [0.15, 0.2) is 0 Å². The molecule has 1 atom stereocenters. The van der Waals surface area contributed by atoms with Crippen LogP contribution in [0.3, 0.4) is 0 Å². The molecule has 0 spiro atoms. The van der Waals surface area contributed by atoms with Crippen molar-refractivity contribution in [3.8, 4) is 0 Å². The molecule has 1 aliphatic heterocycles. The molecule has 1 unspecified atom stereocenters. The fraction of sp³-hybridized carbons (Fsp3) is 0.235. The predicted molar refractivity (Wildman–Crippen MR) is 79.0 cm³/mol. The van der Waals surface area contributed by atoms with Gasteiger partial charge in [-0.15, -0.1) is 0 Å². The van der Waals surface area contributed by atoms with Gasteiger partial charge in [0.25, 0.3) is 11.8 Å². The lowest BCUT2D eigenvalue weighted by atomic mass is 9.90. The average molecular weight is 295 g/mol. The molecule has 110 valence electrons. The number of carboxylic acid groups (broad SMARTS) is 1. The summed E-state index contributed by atoms with van der Waals surface area (Å²) in [6.45, 7) is 1.35. The highest BCUT2D eigenvalue weighted by molar-refractivity contribution is 6.27. The van der Waals surface area contributed by atoms with Crippen LogP contribution in [-0.2, 0) is 17.6 Å². The SMILES string of the molecule is CC(C(=O)O)N1C(=O)c2ccc3c4c(ccc(c24)C1=O)CC3. The number of rotatable bonds is 2. The summed E-state index contributed by atoms with van der Waals surface area (Å²) < 4.78 is 0. The molecule has 0 aromatic heterocycles. The molecule has 0 radical (unpaired) electrons. The molecule has 2 amide bonds. The number of nitrogens with zero attached hydrogens (tertiary/aromatic N) is 1. The second-order valence-electron chi connectivity index (χ2n) is 5.79. The first-order chi connectivity index (χ1) is 10.5. The van der Waals surface area contributed by atoms with E-state index in [9.17, 15) is 14.4 Å². The third kappa shape index (κ3) is 1.45. The number of aliphatic carboxylic acids is 1. The molecule has 22 heavy (non-hydrogen) atoms. The molecular weight excluding hydrogens is 282 g/mol. The Balaban J connectivity index is 2.03. The number of amides is 2. The van der Waals surface area contributed by atoms with E-state index in [0.29, 0.717) is 16.5 Å². The van der Waals surface area contributed by atoms with E-state index in [1.165, 1.54) is 6.92 Å². The molecule has 0 fully saturated rings. The monoisotopic (exact) mass is 295 g/mol. The number of aryl methyl sites for hydroxylation is 2. The zero-order valence-corrected chi connectivity index (χ0v) is 11.9. The number of benzene rings is 2. The molecule has 1 aliphatic carbocycles. The van der Waals surface area contributed by atoms with Crippen LogP contribution in [0, 0.1) is 0 Å². The average Bonchev–Trinajstić information content (AvgIpc) is 2.92. The van der Waals surface area contributed by atoms with Crippen molar-refractivity contribution in [2.75, 3.05) is 0 Å². The Morgan fingerprint density at radius 2 is 1.50 bits per heavy atom. The molecule has 2 aromatic carbocycles. The first kappa shape index (κ1) is 13.0. The Labute approximate surface area is 126 Å². The number of hydrogen-bond acceptors (Lipinski definition) is 3. The summed E-state index contributed by atoms with van der Waals surface area (Å²) in [5.74, 6) is -2.25. The Kier molecular flexibility index (Phi) is 2.46. The van der Waals surface area contributed by atoms with E-state index in [1.807, 2.05) is 12.1 Å². The Morgan fingerprint density at radius 1 is 1.00 bits per heavy atom. The van der Waals surface area contributed by atoms with Gasteiger partial charge < -0.3 is 5.11 Å². The van der Waals surface area contributed by atoms with Gasteiger partial charge in [-0.2, -0.15) is 0 Å². The highest BCUT2D eigenvalue weighted by atomic mass is 16.4. The summed E-state index contributed by atoms with van der Waals surface area (Å²) in [5, 5.41) is 10.9. The van der Waals surface area contributed by atoms with Gasteiger partial charge in [0.2, 0.25) is 0 Å². The van der Waals surface area contributed by atoms with E-state index in [2.05, 4.69) is 0 Å². The van der Waals surface area contributed by atoms with Crippen LogP contribution >= 0.6 is 0 Å². The van der Waals surface area contributed by atoms with Crippen LogP contribution in [0.15, 0.2) is 24.3 Å². The molecule has 2 aliphatic rings. The van der Waals surface area contributed by atoms with E-state index >= 15 is 0 Å². The van der Waals surface area contributed by atoms with Crippen LogP contribution in [0.2, 0.25) is 0 Å². The Morgan fingerprint density at radius 3 is 1.95 bits per heavy atom. The third-order valence-electron chi connectivity index (χ3n) is 4.64. The number of carbonyl (C=O) groups is 3. The summed E-state index contributed by atoms with van der Waals surface area (Å²) in [6.07, 6.45) is 1.82. The van der Waals surface area contributed by atoms with Gasteiger partial charge in [-0.3, -0.25) is 14.5 Å². The molecule has 2 aromatic rings. The fourth-order valence-corrected chi connectivity index (χ4v) is 3.50. The molecular formula is C17H13NO4. The lowest BCUT2D eigenvalue weighted by Crippen LogP contribution is -2.49. The first-order valence-electron chi connectivity index (χ1n) is 7.19. The summed E-state index contributed by atoms with van der Waals surface area (Å²) in [7, 11) is 0. The minimum atomic E-state index is -1.20. The number of carboxylic acids is 1. The maximum Gasteiger partial charge on any atom is 0.326 e. The smallest absolute Gasteiger partial charge is 0.326 e.